The summed E-state index contributed by atoms with van der Waals surface area (Å²) in [5, 5.41) is 0. The summed E-state index contributed by atoms with van der Waals surface area (Å²) in [7, 11) is 0. The Morgan fingerprint density at radius 2 is 0.757 bits per heavy atom. The summed E-state index contributed by atoms with van der Waals surface area (Å²) in [5.41, 5.74) is 23.2. The van der Waals surface area contributed by atoms with Crippen LogP contribution in [0.4, 0.5) is 34.1 Å². The molecule has 2 heteroatoms. The molecule has 2 nitrogen and oxygen atoms in total. The maximum absolute atomic E-state index is 2.54. The van der Waals surface area contributed by atoms with Gasteiger partial charge in [0.2, 0.25) is 0 Å². The quantitative estimate of drug-likeness (QED) is 0.157. The highest BCUT2D eigenvalue weighted by Crippen LogP contribution is 2.65. The molecule has 70 heavy (non-hydrogen) atoms. The molecular weight excluding hydrogens is 845 g/mol. The smallest absolute Gasteiger partial charge is 0.0755 e. The predicted molar refractivity (Wildman–Crippen MR) is 289 cm³/mol. The van der Waals surface area contributed by atoms with Gasteiger partial charge in [0.25, 0.3) is 0 Å². The maximum atomic E-state index is 2.54. The zero-order valence-corrected chi connectivity index (χ0v) is 38.5. The SMILES string of the molecule is c1ccc(-c2cccc(N(c3ccc4c(c3)C3(c5ccccc5-4)c4ccccc4N(c4ccccc4)c4ccccc43)c3cccc4c3-c3ccccc3C4(c3ccccc3)c3ccccc3)c2)cc1. The Hall–Kier alpha value is -8.98. The number of hydrogen-bond acceptors (Lipinski definition) is 2. The molecule has 0 saturated heterocycles. The topological polar surface area (TPSA) is 6.48 Å². The van der Waals surface area contributed by atoms with Crippen LogP contribution in [0, 0.1) is 0 Å². The van der Waals surface area contributed by atoms with Gasteiger partial charge in [0, 0.05) is 22.6 Å². The van der Waals surface area contributed by atoms with Crippen molar-refractivity contribution in [2.75, 3.05) is 9.80 Å². The summed E-state index contributed by atoms with van der Waals surface area (Å²) in [6.45, 7) is 0. The van der Waals surface area contributed by atoms with Crippen LogP contribution in [0.3, 0.4) is 0 Å². The third kappa shape index (κ3) is 5.62. The van der Waals surface area contributed by atoms with Gasteiger partial charge in [0.1, 0.15) is 0 Å². The summed E-state index contributed by atoms with van der Waals surface area (Å²) >= 11 is 0. The first kappa shape index (κ1) is 40.1. The third-order valence-electron chi connectivity index (χ3n) is 15.3. The Balaban J connectivity index is 1.07. The Morgan fingerprint density at radius 1 is 0.286 bits per heavy atom. The molecule has 328 valence electrons. The van der Waals surface area contributed by atoms with Gasteiger partial charge in [-0.1, -0.05) is 224 Å². The minimum Gasteiger partial charge on any atom is -0.310 e. The molecule has 0 bridgehead atoms. The first-order valence-electron chi connectivity index (χ1n) is 24.3. The molecule has 11 aromatic rings. The number of para-hydroxylation sites is 3. The van der Waals surface area contributed by atoms with E-state index in [-0.39, 0.29) is 0 Å². The van der Waals surface area contributed by atoms with E-state index in [2.05, 4.69) is 289 Å². The number of hydrogen-bond donors (Lipinski definition) is 0. The van der Waals surface area contributed by atoms with Gasteiger partial charge < -0.3 is 9.80 Å². The first-order chi connectivity index (χ1) is 34.8. The maximum Gasteiger partial charge on any atom is 0.0755 e. The zero-order chi connectivity index (χ0) is 46.2. The molecule has 0 aromatic heterocycles. The molecule has 0 radical (unpaired) electrons. The largest absolute Gasteiger partial charge is 0.310 e. The van der Waals surface area contributed by atoms with E-state index in [1.165, 1.54) is 89.3 Å². The van der Waals surface area contributed by atoms with E-state index in [0.717, 1.165) is 22.7 Å². The lowest BCUT2D eigenvalue weighted by molar-refractivity contribution is 0.752. The Kier molecular flexibility index (Phi) is 9.06. The van der Waals surface area contributed by atoms with Crippen molar-refractivity contribution in [3.8, 4) is 33.4 Å². The van der Waals surface area contributed by atoms with E-state index in [0.29, 0.717) is 0 Å². The first-order valence-corrected chi connectivity index (χ1v) is 24.3. The normalized spacial score (nSPS) is 13.9. The molecule has 0 atom stereocenters. The van der Waals surface area contributed by atoms with Crippen LogP contribution in [-0.4, -0.2) is 0 Å². The van der Waals surface area contributed by atoms with Gasteiger partial charge >= 0.3 is 0 Å². The van der Waals surface area contributed by atoms with E-state index < -0.39 is 10.8 Å². The summed E-state index contributed by atoms with van der Waals surface area (Å²) < 4.78 is 0. The van der Waals surface area contributed by atoms with Crippen molar-refractivity contribution < 1.29 is 0 Å². The van der Waals surface area contributed by atoms with Crippen molar-refractivity contribution in [1.29, 1.82) is 0 Å². The molecule has 0 saturated carbocycles. The summed E-state index contributed by atoms with van der Waals surface area (Å²) in [4.78, 5) is 5.00. The van der Waals surface area contributed by atoms with Gasteiger partial charge in [-0.05, 0) is 127 Å². The summed E-state index contributed by atoms with van der Waals surface area (Å²) in [6, 6.07) is 104. The second kappa shape index (κ2) is 15.8. The fourth-order valence-corrected chi connectivity index (χ4v) is 12.6. The molecule has 0 fully saturated rings. The molecule has 1 heterocycles. The van der Waals surface area contributed by atoms with Crippen LogP contribution in [0.15, 0.2) is 279 Å². The number of fused-ring (bicyclic) bond motifs is 12. The minimum atomic E-state index is -0.612. The van der Waals surface area contributed by atoms with E-state index in [9.17, 15) is 0 Å². The standard InChI is InChI=1S/C68H46N2/c1-5-23-47(24-6-1)48-25-21-32-52(45-48)69(65-42-22-39-61-66(65)56-34-14-16-36-58(56)67(61,49-26-7-2-8-27-49)50-28-9-3-10-29-50)53-43-44-55-54-33-13-15-35-57(54)68(62(55)46-53)59-37-17-19-40-63(59)70(51-30-11-4-12-31-51)64-41-20-18-38-60(64)68/h1-46H. The number of anilines is 6. The molecule has 0 unspecified atom stereocenters. The fraction of sp³-hybridized carbons (Fsp3) is 0.0294. The number of rotatable bonds is 7. The van der Waals surface area contributed by atoms with Gasteiger partial charge in [-0.15, -0.1) is 0 Å². The molecule has 1 spiro atoms. The highest BCUT2D eigenvalue weighted by Gasteiger charge is 2.52. The van der Waals surface area contributed by atoms with Gasteiger partial charge in [-0.25, -0.2) is 0 Å². The molecule has 1 aliphatic heterocycles. The van der Waals surface area contributed by atoms with Crippen LogP contribution in [-0.2, 0) is 10.8 Å². The minimum absolute atomic E-state index is 0.550. The van der Waals surface area contributed by atoms with E-state index in [1.807, 2.05) is 0 Å². The molecule has 14 rings (SSSR count). The van der Waals surface area contributed by atoms with E-state index in [4.69, 9.17) is 0 Å². The highest BCUT2D eigenvalue weighted by molar-refractivity contribution is 6.00. The lowest BCUT2D eigenvalue weighted by Crippen LogP contribution is -2.36. The second-order valence-electron chi connectivity index (χ2n) is 18.7. The summed E-state index contributed by atoms with van der Waals surface area (Å²) in [5.74, 6) is 0. The van der Waals surface area contributed by atoms with Crippen LogP contribution in [0.5, 0.6) is 0 Å². The highest BCUT2D eigenvalue weighted by atomic mass is 15.2. The van der Waals surface area contributed by atoms with Gasteiger partial charge in [0.15, 0.2) is 0 Å². The van der Waals surface area contributed by atoms with Crippen LogP contribution >= 0.6 is 0 Å². The Bertz CT molecular complexity index is 3700. The Labute approximate surface area is 409 Å². The second-order valence-corrected chi connectivity index (χ2v) is 18.7. The zero-order valence-electron chi connectivity index (χ0n) is 38.5. The fourth-order valence-electron chi connectivity index (χ4n) is 12.6. The monoisotopic (exact) mass is 890 g/mol. The summed E-state index contributed by atoms with van der Waals surface area (Å²) in [6.07, 6.45) is 0. The molecule has 2 aliphatic carbocycles. The van der Waals surface area contributed by atoms with Crippen molar-refractivity contribution >= 4 is 34.1 Å². The van der Waals surface area contributed by atoms with Gasteiger partial charge in [-0.3, -0.25) is 0 Å². The van der Waals surface area contributed by atoms with Gasteiger partial charge in [0.05, 0.1) is 27.9 Å². The lowest BCUT2D eigenvalue weighted by atomic mass is 9.64. The average molecular weight is 891 g/mol. The van der Waals surface area contributed by atoms with Gasteiger partial charge in [-0.2, -0.15) is 0 Å². The van der Waals surface area contributed by atoms with Crippen molar-refractivity contribution in [2.45, 2.75) is 10.8 Å². The van der Waals surface area contributed by atoms with Crippen molar-refractivity contribution in [3.63, 3.8) is 0 Å². The van der Waals surface area contributed by atoms with Crippen LogP contribution < -0.4 is 9.80 Å². The third-order valence-corrected chi connectivity index (χ3v) is 15.3. The number of benzene rings is 11. The predicted octanol–water partition coefficient (Wildman–Crippen LogP) is 17.3. The van der Waals surface area contributed by atoms with Crippen LogP contribution in [0.1, 0.15) is 44.5 Å². The molecule has 11 aromatic carbocycles. The molecular formula is C68H46N2. The Morgan fingerprint density at radius 3 is 1.41 bits per heavy atom. The molecule has 0 N–H and O–H groups in total. The lowest BCUT2D eigenvalue weighted by Gasteiger charge is -2.45. The van der Waals surface area contributed by atoms with Crippen molar-refractivity contribution in [3.05, 3.63) is 324 Å². The number of nitrogens with zero attached hydrogens (tertiary/aromatic N) is 2. The van der Waals surface area contributed by atoms with Crippen molar-refractivity contribution in [1.82, 2.24) is 0 Å². The molecule has 0 amide bonds. The van der Waals surface area contributed by atoms with Crippen molar-refractivity contribution in [2.24, 2.45) is 0 Å². The van der Waals surface area contributed by atoms with Crippen LogP contribution in [0.25, 0.3) is 33.4 Å². The van der Waals surface area contributed by atoms with E-state index in [1.54, 1.807) is 0 Å². The molecule has 3 aliphatic rings. The average Bonchev–Trinajstić information content (AvgIpc) is 3.91. The van der Waals surface area contributed by atoms with Crippen LogP contribution in [0.2, 0.25) is 0 Å². The van der Waals surface area contributed by atoms with E-state index >= 15 is 0 Å².